The first-order valence-corrected chi connectivity index (χ1v) is 5.55. The molecule has 1 aliphatic rings. The van der Waals surface area contributed by atoms with Crippen molar-refractivity contribution in [3.05, 3.63) is 29.3 Å². The molecule has 0 saturated carbocycles. The summed E-state index contributed by atoms with van der Waals surface area (Å²) in [5.41, 5.74) is 1.91. The Kier molecular flexibility index (Phi) is 3.13. The van der Waals surface area contributed by atoms with E-state index in [0.29, 0.717) is 5.75 Å². The number of fused-ring (bicyclic) bond motifs is 1. The van der Waals surface area contributed by atoms with Crippen molar-refractivity contribution in [2.45, 2.75) is 32.8 Å². The summed E-state index contributed by atoms with van der Waals surface area (Å²) < 4.78 is 10.3. The highest BCUT2D eigenvalue weighted by Crippen LogP contribution is 2.39. The minimum Gasteiger partial charge on any atom is -0.458 e. The van der Waals surface area contributed by atoms with Crippen LogP contribution in [0, 0.1) is 0 Å². The van der Waals surface area contributed by atoms with Crippen LogP contribution in [-0.2, 0) is 20.7 Å². The quantitative estimate of drug-likeness (QED) is 0.581. The van der Waals surface area contributed by atoms with E-state index in [0.717, 1.165) is 24.0 Å². The van der Waals surface area contributed by atoms with Gasteiger partial charge in [0.05, 0.1) is 0 Å². The van der Waals surface area contributed by atoms with Crippen molar-refractivity contribution in [3.8, 4) is 5.75 Å². The molecule has 90 valence electrons. The standard InChI is InChI=1S/C13H14O4/c1-8(14)16-12-5-3-4-10-11(12)6-7-13(10)17-9(2)15/h3-5,13H,6-7H2,1-2H3/t13-/m0/s1. The second kappa shape index (κ2) is 4.57. The number of carbonyl (C=O) groups is 2. The highest BCUT2D eigenvalue weighted by molar-refractivity contribution is 5.70. The number of hydrogen-bond acceptors (Lipinski definition) is 4. The molecule has 1 aliphatic carbocycles. The third kappa shape index (κ3) is 2.46. The van der Waals surface area contributed by atoms with Gasteiger partial charge in [-0.25, -0.2) is 0 Å². The largest absolute Gasteiger partial charge is 0.458 e. The predicted molar refractivity (Wildman–Crippen MR) is 60.6 cm³/mol. The van der Waals surface area contributed by atoms with E-state index in [1.165, 1.54) is 13.8 Å². The van der Waals surface area contributed by atoms with Crippen LogP contribution in [0.15, 0.2) is 18.2 Å². The van der Waals surface area contributed by atoms with Crippen LogP contribution in [0.3, 0.4) is 0 Å². The molecule has 1 aromatic rings. The molecular formula is C13H14O4. The molecule has 0 aromatic heterocycles. The van der Waals surface area contributed by atoms with Gasteiger partial charge in [-0.2, -0.15) is 0 Å². The summed E-state index contributed by atoms with van der Waals surface area (Å²) in [5.74, 6) is -0.0558. The van der Waals surface area contributed by atoms with Gasteiger partial charge in [-0.3, -0.25) is 9.59 Å². The fourth-order valence-corrected chi connectivity index (χ4v) is 2.16. The van der Waals surface area contributed by atoms with Gasteiger partial charge >= 0.3 is 11.9 Å². The summed E-state index contributed by atoms with van der Waals surface area (Å²) >= 11 is 0. The predicted octanol–water partition coefficient (Wildman–Crippen LogP) is 2.16. The third-order valence-corrected chi connectivity index (χ3v) is 2.73. The SMILES string of the molecule is CC(=O)Oc1cccc2c1CC[C@@H]2OC(C)=O. The van der Waals surface area contributed by atoms with Crippen LogP contribution < -0.4 is 4.74 Å². The maximum absolute atomic E-state index is 11.0. The molecule has 0 fully saturated rings. The Morgan fingerprint density at radius 2 is 2.00 bits per heavy atom. The fourth-order valence-electron chi connectivity index (χ4n) is 2.16. The van der Waals surface area contributed by atoms with E-state index in [4.69, 9.17) is 9.47 Å². The van der Waals surface area contributed by atoms with Crippen molar-refractivity contribution in [1.82, 2.24) is 0 Å². The minimum atomic E-state index is -0.339. The lowest BCUT2D eigenvalue weighted by atomic mass is 10.1. The number of benzene rings is 1. The van der Waals surface area contributed by atoms with Crippen LogP contribution >= 0.6 is 0 Å². The van der Waals surface area contributed by atoms with Crippen molar-refractivity contribution >= 4 is 11.9 Å². The first-order chi connectivity index (χ1) is 8.08. The van der Waals surface area contributed by atoms with E-state index in [-0.39, 0.29) is 18.0 Å². The van der Waals surface area contributed by atoms with Crippen molar-refractivity contribution in [1.29, 1.82) is 0 Å². The molecule has 0 radical (unpaired) electrons. The Morgan fingerprint density at radius 1 is 1.24 bits per heavy atom. The number of carbonyl (C=O) groups excluding carboxylic acids is 2. The van der Waals surface area contributed by atoms with Crippen molar-refractivity contribution < 1.29 is 19.1 Å². The Balaban J connectivity index is 2.28. The van der Waals surface area contributed by atoms with E-state index in [2.05, 4.69) is 0 Å². The smallest absolute Gasteiger partial charge is 0.308 e. The van der Waals surface area contributed by atoms with Gasteiger partial charge in [0.15, 0.2) is 0 Å². The van der Waals surface area contributed by atoms with Crippen LogP contribution in [0.1, 0.15) is 37.5 Å². The van der Waals surface area contributed by atoms with Gasteiger partial charge in [-0.15, -0.1) is 0 Å². The number of ether oxygens (including phenoxy) is 2. The molecule has 2 rings (SSSR count). The monoisotopic (exact) mass is 234 g/mol. The molecule has 4 heteroatoms. The first kappa shape index (κ1) is 11.6. The van der Waals surface area contributed by atoms with Crippen LogP contribution in [0.2, 0.25) is 0 Å². The molecule has 17 heavy (non-hydrogen) atoms. The molecule has 0 spiro atoms. The number of hydrogen-bond donors (Lipinski definition) is 0. The van der Waals surface area contributed by atoms with Crippen LogP contribution in [0.25, 0.3) is 0 Å². The zero-order valence-corrected chi connectivity index (χ0v) is 9.86. The lowest BCUT2D eigenvalue weighted by Crippen LogP contribution is -2.06. The summed E-state index contributed by atoms with van der Waals surface area (Å²) in [6.07, 6.45) is 1.29. The van der Waals surface area contributed by atoms with Crippen molar-refractivity contribution in [2.75, 3.05) is 0 Å². The average molecular weight is 234 g/mol. The molecule has 0 heterocycles. The Morgan fingerprint density at radius 3 is 2.65 bits per heavy atom. The summed E-state index contributed by atoms with van der Waals surface area (Å²) in [4.78, 5) is 21.9. The first-order valence-electron chi connectivity index (χ1n) is 5.55. The summed E-state index contributed by atoms with van der Waals surface area (Å²) in [7, 11) is 0. The maximum Gasteiger partial charge on any atom is 0.308 e. The molecule has 0 unspecified atom stereocenters. The number of rotatable bonds is 2. The van der Waals surface area contributed by atoms with E-state index in [1.54, 1.807) is 12.1 Å². The van der Waals surface area contributed by atoms with Gasteiger partial charge < -0.3 is 9.47 Å². The van der Waals surface area contributed by atoms with Crippen molar-refractivity contribution in [2.24, 2.45) is 0 Å². The molecule has 1 aromatic carbocycles. The van der Waals surface area contributed by atoms with Crippen LogP contribution in [-0.4, -0.2) is 11.9 Å². The molecule has 0 aliphatic heterocycles. The van der Waals surface area contributed by atoms with Crippen LogP contribution in [0.5, 0.6) is 5.75 Å². The van der Waals surface area contributed by atoms with Gasteiger partial charge in [0, 0.05) is 19.4 Å². The fraction of sp³-hybridized carbons (Fsp3) is 0.385. The summed E-state index contributed by atoms with van der Waals surface area (Å²) in [5, 5.41) is 0. The van der Waals surface area contributed by atoms with E-state index in [9.17, 15) is 9.59 Å². The normalized spacial score (nSPS) is 17.4. The van der Waals surface area contributed by atoms with Gasteiger partial charge in [0.25, 0.3) is 0 Å². The van der Waals surface area contributed by atoms with Gasteiger partial charge in [0.1, 0.15) is 11.9 Å². The highest BCUT2D eigenvalue weighted by Gasteiger charge is 2.27. The van der Waals surface area contributed by atoms with Gasteiger partial charge in [0.2, 0.25) is 0 Å². The molecule has 0 amide bonds. The Bertz CT molecular complexity index is 464. The lowest BCUT2D eigenvalue weighted by molar-refractivity contribution is -0.146. The molecule has 0 saturated heterocycles. The second-order valence-electron chi connectivity index (χ2n) is 4.05. The van der Waals surface area contributed by atoms with Crippen molar-refractivity contribution in [3.63, 3.8) is 0 Å². The Labute approximate surface area is 99.5 Å². The van der Waals surface area contributed by atoms with E-state index < -0.39 is 0 Å². The second-order valence-corrected chi connectivity index (χ2v) is 4.05. The molecule has 1 atom stereocenters. The third-order valence-electron chi connectivity index (χ3n) is 2.73. The average Bonchev–Trinajstić information content (AvgIpc) is 2.61. The molecule has 0 N–H and O–H groups in total. The topological polar surface area (TPSA) is 52.6 Å². The highest BCUT2D eigenvalue weighted by atomic mass is 16.5. The van der Waals surface area contributed by atoms with Crippen LogP contribution in [0.4, 0.5) is 0 Å². The Hall–Kier alpha value is -1.84. The maximum atomic E-state index is 11.0. The molecule has 4 nitrogen and oxygen atoms in total. The molecular weight excluding hydrogens is 220 g/mol. The van der Waals surface area contributed by atoms with E-state index >= 15 is 0 Å². The van der Waals surface area contributed by atoms with Gasteiger partial charge in [-0.1, -0.05) is 12.1 Å². The summed E-state index contributed by atoms with van der Waals surface area (Å²) in [6.45, 7) is 2.77. The lowest BCUT2D eigenvalue weighted by Gasteiger charge is -2.12. The zero-order valence-electron chi connectivity index (χ0n) is 9.86. The minimum absolute atomic E-state index is 0.210. The van der Waals surface area contributed by atoms with E-state index in [1.807, 2.05) is 6.07 Å². The molecule has 0 bridgehead atoms. The zero-order chi connectivity index (χ0) is 12.4. The number of esters is 2. The van der Waals surface area contributed by atoms with Gasteiger partial charge in [-0.05, 0) is 24.5 Å². The summed E-state index contributed by atoms with van der Waals surface area (Å²) in [6, 6.07) is 5.47.